The fourth-order valence-corrected chi connectivity index (χ4v) is 5.06. The van der Waals surface area contributed by atoms with Crippen LogP contribution in [0.4, 0.5) is 0 Å². The highest BCUT2D eigenvalue weighted by atomic mass is 35.5. The van der Waals surface area contributed by atoms with Crippen LogP contribution in [-0.4, -0.2) is 50.4 Å². The maximum atomic E-state index is 12.9. The lowest BCUT2D eigenvalue weighted by Gasteiger charge is -2.21. The van der Waals surface area contributed by atoms with Crippen molar-refractivity contribution in [1.29, 1.82) is 0 Å². The summed E-state index contributed by atoms with van der Waals surface area (Å²) in [5.74, 6) is -2.16. The molecule has 0 aliphatic heterocycles. The molecule has 0 saturated carbocycles. The summed E-state index contributed by atoms with van der Waals surface area (Å²) < 4.78 is 49.0. The van der Waals surface area contributed by atoms with E-state index in [-0.39, 0.29) is 27.9 Å². The van der Waals surface area contributed by atoms with Gasteiger partial charge in [-0.15, -0.1) is 0 Å². The molecule has 0 amide bonds. The fourth-order valence-electron chi connectivity index (χ4n) is 2.41. The third-order valence-corrected chi connectivity index (χ3v) is 7.12. The molecule has 0 spiro atoms. The van der Waals surface area contributed by atoms with Crippen molar-refractivity contribution < 1.29 is 31.8 Å². The zero-order valence-electron chi connectivity index (χ0n) is 14.6. The molecule has 0 unspecified atom stereocenters. The Morgan fingerprint density at radius 3 is 2.17 bits per heavy atom. The molecule has 0 radical (unpaired) electrons. The number of aliphatic carboxylic acids is 1. The number of hydrogen-bond donors (Lipinski definition) is 3. The number of phenols is 1. The summed E-state index contributed by atoms with van der Waals surface area (Å²) in [6.45, 7) is -1.14. The molecule has 0 aliphatic carbocycles. The number of aromatic hydroxyl groups is 1. The number of sulfonamides is 2. The van der Waals surface area contributed by atoms with Crippen molar-refractivity contribution in [2.24, 2.45) is 5.14 Å². The first-order chi connectivity index (χ1) is 13.3. The zero-order chi connectivity index (χ0) is 22.0. The number of carboxylic acids is 1. The van der Waals surface area contributed by atoms with Gasteiger partial charge in [0.05, 0.1) is 9.92 Å². The first-order valence-corrected chi connectivity index (χ1v) is 11.6. The number of rotatable bonds is 8. The largest absolute Gasteiger partial charge is 0.505 e. The van der Waals surface area contributed by atoms with Crippen LogP contribution in [0.3, 0.4) is 0 Å². The van der Waals surface area contributed by atoms with Crippen LogP contribution in [0.1, 0.15) is 5.56 Å². The molecular formula is C16H16Cl2N2O7S2. The van der Waals surface area contributed by atoms with Crippen molar-refractivity contribution in [2.75, 3.05) is 13.1 Å². The lowest BCUT2D eigenvalue weighted by Crippen LogP contribution is -2.37. The highest BCUT2D eigenvalue weighted by molar-refractivity contribution is 7.89. The highest BCUT2D eigenvalue weighted by Crippen LogP contribution is 2.35. The van der Waals surface area contributed by atoms with Gasteiger partial charge in [-0.25, -0.2) is 22.0 Å². The van der Waals surface area contributed by atoms with Crippen LogP contribution in [0.2, 0.25) is 10.0 Å². The number of benzene rings is 2. The number of nitrogens with zero attached hydrogens (tertiary/aromatic N) is 1. The molecule has 9 nitrogen and oxygen atoms in total. The van der Waals surface area contributed by atoms with Crippen LogP contribution in [0.5, 0.6) is 5.75 Å². The molecule has 2 aromatic carbocycles. The Hall–Kier alpha value is -1.89. The predicted molar refractivity (Wildman–Crippen MR) is 106 cm³/mol. The second-order valence-electron chi connectivity index (χ2n) is 5.91. The molecule has 158 valence electrons. The SMILES string of the molecule is NS(=O)(=O)c1ccc(CCN(CC(=O)O)S(=O)(=O)c2cc(Cl)cc(Cl)c2O)cc1. The van der Waals surface area contributed by atoms with Crippen LogP contribution in [0, 0.1) is 0 Å². The Labute approximate surface area is 177 Å². The van der Waals surface area contributed by atoms with Gasteiger partial charge in [-0.2, -0.15) is 4.31 Å². The van der Waals surface area contributed by atoms with E-state index in [0.29, 0.717) is 9.87 Å². The second-order valence-corrected chi connectivity index (χ2v) is 10.2. The molecule has 2 aromatic rings. The topological polar surface area (TPSA) is 155 Å². The Balaban J connectivity index is 2.33. The van der Waals surface area contributed by atoms with E-state index < -0.39 is 43.2 Å². The summed E-state index contributed by atoms with van der Waals surface area (Å²) in [6.07, 6.45) is 0.0620. The van der Waals surface area contributed by atoms with Gasteiger partial charge in [-0.05, 0) is 36.2 Å². The molecule has 0 aromatic heterocycles. The number of carbonyl (C=O) groups is 1. The lowest BCUT2D eigenvalue weighted by molar-refractivity contribution is -0.137. The third-order valence-electron chi connectivity index (χ3n) is 3.82. The van der Waals surface area contributed by atoms with E-state index in [0.717, 1.165) is 12.1 Å². The Kier molecular flexibility index (Phi) is 7.14. The van der Waals surface area contributed by atoms with Crippen LogP contribution >= 0.6 is 23.2 Å². The number of halogens is 2. The van der Waals surface area contributed by atoms with Crippen LogP contribution in [0.15, 0.2) is 46.2 Å². The first-order valence-electron chi connectivity index (χ1n) is 7.84. The highest BCUT2D eigenvalue weighted by Gasteiger charge is 2.30. The zero-order valence-corrected chi connectivity index (χ0v) is 17.8. The van der Waals surface area contributed by atoms with Crippen LogP contribution in [-0.2, 0) is 31.3 Å². The monoisotopic (exact) mass is 482 g/mol. The molecule has 2 rings (SSSR count). The minimum absolute atomic E-state index is 0.0553. The summed E-state index contributed by atoms with van der Waals surface area (Å²) >= 11 is 11.6. The van der Waals surface area contributed by atoms with Crippen molar-refractivity contribution in [1.82, 2.24) is 4.31 Å². The summed E-state index contributed by atoms with van der Waals surface area (Å²) in [7, 11) is -8.33. The van der Waals surface area contributed by atoms with Gasteiger partial charge in [-0.3, -0.25) is 4.79 Å². The Bertz CT molecular complexity index is 1130. The van der Waals surface area contributed by atoms with Gasteiger partial charge >= 0.3 is 5.97 Å². The summed E-state index contributed by atoms with van der Waals surface area (Å²) in [4.78, 5) is 10.4. The maximum Gasteiger partial charge on any atom is 0.318 e. The quantitative estimate of drug-likeness (QED) is 0.516. The van der Waals surface area contributed by atoms with Crippen LogP contribution < -0.4 is 5.14 Å². The van der Waals surface area contributed by atoms with Gasteiger partial charge in [0.15, 0.2) is 5.75 Å². The van der Waals surface area contributed by atoms with Gasteiger partial charge in [0.1, 0.15) is 11.4 Å². The van der Waals surface area contributed by atoms with E-state index in [9.17, 15) is 26.7 Å². The van der Waals surface area contributed by atoms with Gasteiger partial charge in [0.2, 0.25) is 20.0 Å². The van der Waals surface area contributed by atoms with Crippen molar-refractivity contribution in [2.45, 2.75) is 16.2 Å². The third kappa shape index (κ3) is 5.81. The van der Waals surface area contributed by atoms with E-state index in [1.807, 2.05) is 0 Å². The van der Waals surface area contributed by atoms with E-state index in [4.69, 9.17) is 33.4 Å². The van der Waals surface area contributed by atoms with Gasteiger partial charge in [0.25, 0.3) is 0 Å². The maximum absolute atomic E-state index is 12.9. The van der Waals surface area contributed by atoms with Crippen LogP contribution in [0.25, 0.3) is 0 Å². The number of phenolic OH excluding ortho intramolecular Hbond substituents is 1. The Morgan fingerprint density at radius 1 is 1.07 bits per heavy atom. The molecule has 13 heteroatoms. The smallest absolute Gasteiger partial charge is 0.318 e. The molecule has 0 atom stereocenters. The van der Waals surface area contributed by atoms with E-state index in [2.05, 4.69) is 0 Å². The second kappa shape index (κ2) is 8.86. The molecular weight excluding hydrogens is 467 g/mol. The number of nitrogens with two attached hydrogens (primary N) is 1. The molecule has 0 aliphatic rings. The molecule has 0 heterocycles. The first kappa shape index (κ1) is 23.4. The summed E-state index contributed by atoms with van der Waals surface area (Å²) in [5, 5.41) is 23.8. The minimum atomic E-state index is -4.46. The Morgan fingerprint density at radius 2 is 1.66 bits per heavy atom. The van der Waals surface area contributed by atoms with E-state index >= 15 is 0 Å². The van der Waals surface area contributed by atoms with Crippen molar-refractivity contribution >= 4 is 49.2 Å². The number of carboxylic acid groups (broad SMARTS) is 1. The van der Waals surface area contributed by atoms with E-state index in [1.54, 1.807) is 0 Å². The number of primary sulfonamides is 1. The lowest BCUT2D eigenvalue weighted by atomic mass is 10.1. The molecule has 0 bridgehead atoms. The number of hydrogen-bond acceptors (Lipinski definition) is 6. The molecule has 4 N–H and O–H groups in total. The standard InChI is InChI=1S/C16H16Cl2N2O7S2/c17-11-7-13(18)16(23)14(8-11)29(26,27)20(9-15(21)22)6-5-10-1-3-12(4-2-10)28(19,24)25/h1-4,7-8,23H,5-6,9H2,(H,21,22)(H2,19,24,25). The van der Waals surface area contributed by atoms with Crippen molar-refractivity contribution in [3.8, 4) is 5.75 Å². The van der Waals surface area contributed by atoms with Gasteiger partial charge in [-0.1, -0.05) is 35.3 Å². The minimum Gasteiger partial charge on any atom is -0.505 e. The molecule has 0 saturated heterocycles. The van der Waals surface area contributed by atoms with Gasteiger partial charge < -0.3 is 10.2 Å². The van der Waals surface area contributed by atoms with Gasteiger partial charge in [0, 0.05) is 11.6 Å². The summed E-state index contributed by atoms with van der Waals surface area (Å²) in [5.41, 5.74) is 0.538. The predicted octanol–water partition coefficient (Wildman–Crippen LogP) is 1.66. The van der Waals surface area contributed by atoms with Crippen molar-refractivity contribution in [3.05, 3.63) is 52.0 Å². The van der Waals surface area contributed by atoms with E-state index in [1.165, 1.54) is 24.3 Å². The van der Waals surface area contributed by atoms with Crippen molar-refractivity contribution in [3.63, 3.8) is 0 Å². The normalized spacial score (nSPS) is 12.3. The molecule has 29 heavy (non-hydrogen) atoms. The molecule has 0 fully saturated rings. The average Bonchev–Trinajstić information content (AvgIpc) is 2.60. The average molecular weight is 483 g/mol. The fraction of sp³-hybridized carbons (Fsp3) is 0.188. The summed E-state index contributed by atoms with van der Waals surface area (Å²) in [6, 6.07) is 7.48.